The third-order valence-corrected chi connectivity index (χ3v) is 3.44. The van der Waals surface area contributed by atoms with E-state index in [2.05, 4.69) is 25.8 Å². The Morgan fingerprint density at radius 3 is 2.50 bits per heavy atom. The summed E-state index contributed by atoms with van der Waals surface area (Å²) in [4.78, 5) is 20.1. The molecule has 0 spiro atoms. The lowest BCUT2D eigenvalue weighted by atomic mass is 10.2. The lowest BCUT2D eigenvalue weighted by Crippen LogP contribution is -2.50. The highest BCUT2D eigenvalue weighted by Gasteiger charge is 2.25. The van der Waals surface area contributed by atoms with Gasteiger partial charge in [-0.2, -0.15) is 0 Å². The molecule has 1 amide bonds. The Hall–Kier alpha value is -1.30. The minimum atomic E-state index is -0.440. The number of piperazine rings is 1. The molecule has 1 aliphatic heterocycles. The lowest BCUT2D eigenvalue weighted by molar-refractivity contribution is 0.0240. The van der Waals surface area contributed by atoms with Crippen LogP contribution in [0.1, 0.15) is 20.8 Å². The van der Waals surface area contributed by atoms with Crippen LogP contribution in [0, 0.1) is 0 Å². The second kappa shape index (κ2) is 5.99. The Kier molecular flexibility index (Phi) is 4.52. The van der Waals surface area contributed by atoms with E-state index in [1.54, 1.807) is 11.1 Å². The first-order chi connectivity index (χ1) is 9.35. The highest BCUT2D eigenvalue weighted by Crippen LogP contribution is 2.20. The van der Waals surface area contributed by atoms with Gasteiger partial charge < -0.3 is 14.5 Å². The van der Waals surface area contributed by atoms with Gasteiger partial charge in [-0.25, -0.2) is 9.78 Å². The van der Waals surface area contributed by atoms with Gasteiger partial charge in [0.1, 0.15) is 10.2 Å². The third-order valence-electron chi connectivity index (χ3n) is 3.01. The molecule has 6 heteroatoms. The summed E-state index contributed by atoms with van der Waals surface area (Å²) >= 11 is 3.37. The van der Waals surface area contributed by atoms with Gasteiger partial charge in [-0.15, -0.1) is 0 Å². The molecule has 0 N–H and O–H groups in total. The number of pyridine rings is 1. The summed E-state index contributed by atoms with van der Waals surface area (Å²) in [6.07, 6.45) is 1.55. The first-order valence-corrected chi connectivity index (χ1v) is 7.49. The number of hydrogen-bond acceptors (Lipinski definition) is 4. The topological polar surface area (TPSA) is 45.7 Å². The van der Waals surface area contributed by atoms with E-state index in [1.165, 1.54) is 0 Å². The van der Waals surface area contributed by atoms with Crippen molar-refractivity contribution in [3.63, 3.8) is 0 Å². The fourth-order valence-electron chi connectivity index (χ4n) is 2.06. The summed E-state index contributed by atoms with van der Waals surface area (Å²) < 4.78 is 6.21. The maximum absolute atomic E-state index is 12.0. The van der Waals surface area contributed by atoms with Crippen LogP contribution >= 0.6 is 15.9 Å². The highest BCUT2D eigenvalue weighted by molar-refractivity contribution is 9.10. The third kappa shape index (κ3) is 4.10. The fourth-order valence-corrected chi connectivity index (χ4v) is 2.42. The summed E-state index contributed by atoms with van der Waals surface area (Å²) in [7, 11) is 0. The van der Waals surface area contributed by atoms with Gasteiger partial charge in [0.2, 0.25) is 0 Å². The number of rotatable bonds is 1. The van der Waals surface area contributed by atoms with Crippen LogP contribution in [0.25, 0.3) is 0 Å². The van der Waals surface area contributed by atoms with Crippen molar-refractivity contribution < 1.29 is 9.53 Å². The highest BCUT2D eigenvalue weighted by atomic mass is 79.9. The largest absolute Gasteiger partial charge is 0.444 e. The molecule has 0 saturated carbocycles. The van der Waals surface area contributed by atoms with Crippen molar-refractivity contribution in [1.82, 2.24) is 9.88 Å². The van der Waals surface area contributed by atoms with Crippen molar-refractivity contribution >= 4 is 27.7 Å². The zero-order valence-electron chi connectivity index (χ0n) is 12.1. The van der Waals surface area contributed by atoms with Gasteiger partial charge in [0.25, 0.3) is 0 Å². The average molecular weight is 342 g/mol. The van der Waals surface area contributed by atoms with Crippen LogP contribution in [-0.4, -0.2) is 47.8 Å². The normalized spacial score (nSPS) is 16.2. The van der Waals surface area contributed by atoms with Gasteiger partial charge >= 0.3 is 6.09 Å². The van der Waals surface area contributed by atoms with Crippen LogP contribution in [-0.2, 0) is 4.74 Å². The zero-order valence-corrected chi connectivity index (χ0v) is 13.7. The van der Waals surface area contributed by atoms with Crippen molar-refractivity contribution in [3.8, 4) is 0 Å². The molecule has 1 aromatic heterocycles. The van der Waals surface area contributed by atoms with Gasteiger partial charge in [-0.05, 0) is 48.8 Å². The number of aromatic nitrogens is 1. The summed E-state index contributed by atoms with van der Waals surface area (Å²) in [6.45, 7) is 8.61. The molecular formula is C14H20BrN3O2. The van der Waals surface area contributed by atoms with Gasteiger partial charge in [0, 0.05) is 38.1 Å². The van der Waals surface area contributed by atoms with Gasteiger partial charge in [-0.3, -0.25) is 0 Å². The average Bonchev–Trinajstić information content (AvgIpc) is 2.37. The summed E-state index contributed by atoms with van der Waals surface area (Å²) in [6, 6.07) is 3.97. The lowest BCUT2D eigenvalue weighted by Gasteiger charge is -2.36. The number of carbonyl (C=O) groups excluding carboxylic acids is 1. The molecule has 1 aliphatic rings. The minimum absolute atomic E-state index is 0.229. The maximum atomic E-state index is 12.0. The Morgan fingerprint density at radius 2 is 1.95 bits per heavy atom. The molecule has 0 unspecified atom stereocenters. The molecule has 1 saturated heterocycles. The van der Waals surface area contributed by atoms with Crippen LogP contribution in [0.5, 0.6) is 0 Å². The summed E-state index contributed by atoms with van der Waals surface area (Å²) in [5, 5.41) is 0. The standard InChI is InChI=1S/C14H20BrN3O2/c1-14(2,3)20-13(19)18-8-6-17(7-9-18)11-4-5-16-12(15)10-11/h4-5,10H,6-9H2,1-3H3. The predicted octanol–water partition coefficient (Wildman–Crippen LogP) is 2.90. The van der Waals surface area contributed by atoms with Gasteiger partial charge in [0.05, 0.1) is 0 Å². The Bertz CT molecular complexity index is 480. The molecule has 0 radical (unpaired) electrons. The molecular weight excluding hydrogens is 322 g/mol. The molecule has 110 valence electrons. The second-order valence-corrected chi connectivity index (χ2v) is 6.60. The van der Waals surface area contributed by atoms with E-state index in [4.69, 9.17) is 4.74 Å². The SMILES string of the molecule is CC(C)(C)OC(=O)N1CCN(c2ccnc(Br)c2)CC1. The number of ether oxygens (including phenoxy) is 1. The Labute approximate surface area is 128 Å². The summed E-state index contributed by atoms with van der Waals surface area (Å²) in [5.41, 5.74) is 0.681. The number of halogens is 1. The van der Waals surface area contributed by atoms with Crippen molar-refractivity contribution in [2.24, 2.45) is 0 Å². The zero-order chi connectivity index (χ0) is 14.8. The molecule has 0 aliphatic carbocycles. The van der Waals surface area contributed by atoms with Crippen molar-refractivity contribution in [2.75, 3.05) is 31.1 Å². The van der Waals surface area contributed by atoms with Crippen molar-refractivity contribution in [3.05, 3.63) is 22.9 Å². The number of amides is 1. The van der Waals surface area contributed by atoms with E-state index in [1.807, 2.05) is 32.9 Å². The van der Waals surface area contributed by atoms with E-state index in [-0.39, 0.29) is 6.09 Å². The van der Waals surface area contributed by atoms with Crippen LogP contribution in [0.4, 0.5) is 10.5 Å². The van der Waals surface area contributed by atoms with Gasteiger partial charge in [-0.1, -0.05) is 0 Å². The minimum Gasteiger partial charge on any atom is -0.444 e. The number of nitrogens with zero attached hydrogens (tertiary/aromatic N) is 3. The fraction of sp³-hybridized carbons (Fsp3) is 0.571. The molecule has 5 nitrogen and oxygen atoms in total. The van der Waals surface area contributed by atoms with E-state index in [0.717, 1.165) is 23.4 Å². The predicted molar refractivity (Wildman–Crippen MR) is 82.0 cm³/mol. The molecule has 1 aromatic rings. The van der Waals surface area contributed by atoms with Crippen molar-refractivity contribution in [2.45, 2.75) is 26.4 Å². The van der Waals surface area contributed by atoms with Gasteiger partial charge in [0.15, 0.2) is 0 Å². The maximum Gasteiger partial charge on any atom is 0.410 e. The monoisotopic (exact) mass is 341 g/mol. The van der Waals surface area contributed by atoms with Crippen molar-refractivity contribution in [1.29, 1.82) is 0 Å². The molecule has 2 rings (SSSR count). The summed E-state index contributed by atoms with van der Waals surface area (Å²) in [5.74, 6) is 0. The molecule has 2 heterocycles. The van der Waals surface area contributed by atoms with Crippen LogP contribution in [0.3, 0.4) is 0 Å². The molecule has 20 heavy (non-hydrogen) atoms. The first kappa shape index (κ1) is 15.1. The number of carbonyl (C=O) groups is 1. The molecule has 0 atom stereocenters. The van der Waals surface area contributed by atoms with E-state index in [0.29, 0.717) is 13.1 Å². The molecule has 0 bridgehead atoms. The second-order valence-electron chi connectivity index (χ2n) is 5.79. The first-order valence-electron chi connectivity index (χ1n) is 6.69. The van der Waals surface area contributed by atoms with Crippen LogP contribution in [0.2, 0.25) is 0 Å². The van der Waals surface area contributed by atoms with Crippen LogP contribution in [0.15, 0.2) is 22.9 Å². The number of anilines is 1. The quantitative estimate of drug-likeness (QED) is 0.737. The molecule has 1 fully saturated rings. The van der Waals surface area contributed by atoms with E-state index in [9.17, 15) is 4.79 Å². The van der Waals surface area contributed by atoms with E-state index < -0.39 is 5.60 Å². The Morgan fingerprint density at radius 1 is 1.30 bits per heavy atom. The van der Waals surface area contributed by atoms with E-state index >= 15 is 0 Å². The Balaban J connectivity index is 1.91. The smallest absolute Gasteiger partial charge is 0.410 e. The molecule has 0 aromatic carbocycles. The number of hydrogen-bond donors (Lipinski definition) is 0. The van der Waals surface area contributed by atoms with Crippen LogP contribution < -0.4 is 4.90 Å².